The van der Waals surface area contributed by atoms with Crippen LogP contribution in [-0.2, 0) is 37.3 Å². The van der Waals surface area contributed by atoms with Crippen LogP contribution < -0.4 is 4.90 Å². The number of pyridine rings is 2. The first-order valence-corrected chi connectivity index (χ1v) is 16.7. The summed E-state index contributed by atoms with van der Waals surface area (Å²) in [6, 6.07) is 39.2. The minimum absolute atomic E-state index is 0. The summed E-state index contributed by atoms with van der Waals surface area (Å²) in [5.74, 6) is 1.09. The van der Waals surface area contributed by atoms with Gasteiger partial charge in [-0.15, -0.1) is 29.8 Å². The van der Waals surface area contributed by atoms with Crippen LogP contribution in [0.15, 0.2) is 109 Å². The number of phenols is 1. The molecule has 2 heterocycles. The van der Waals surface area contributed by atoms with Crippen LogP contribution in [0.4, 0.5) is 17.2 Å². The number of anilines is 3. The molecule has 6 aromatic rings. The second-order valence-electron chi connectivity index (χ2n) is 15.8. The second-order valence-corrected chi connectivity index (χ2v) is 15.8. The molecule has 5 heteroatoms. The monoisotopic (exact) mass is 827 g/mol. The van der Waals surface area contributed by atoms with Crippen LogP contribution in [0.25, 0.3) is 33.3 Å². The van der Waals surface area contributed by atoms with Gasteiger partial charge in [0.05, 0.1) is 11.4 Å². The van der Waals surface area contributed by atoms with E-state index < -0.39 is 0 Å². The van der Waals surface area contributed by atoms with Crippen molar-refractivity contribution in [2.24, 2.45) is 0 Å². The fourth-order valence-electron chi connectivity index (χ4n) is 6.08. The van der Waals surface area contributed by atoms with Crippen LogP contribution >= 0.6 is 0 Å². The molecular formula is C44H46N3OPt-. The number of benzene rings is 4. The maximum absolute atomic E-state index is 11.8. The fourth-order valence-corrected chi connectivity index (χ4v) is 6.08. The van der Waals surface area contributed by atoms with Gasteiger partial charge in [0, 0.05) is 43.8 Å². The van der Waals surface area contributed by atoms with Crippen LogP contribution in [0.1, 0.15) is 79.0 Å². The summed E-state index contributed by atoms with van der Waals surface area (Å²) in [5, 5.41) is 14.1. The number of hydrogen-bond donors (Lipinski definition) is 1. The standard InChI is InChI=1S/C44H46N3O.Pt/c1-42(2,3)31-25-35(41(48)36(26-31)44(7,8)9)38-28-32(43(4,5)6)27-37(46-38)30-18-14-19-33(24-30)47(40-22-12-13-23-45-40)39-21-15-17-29-16-10-11-20-34(29)39;/h10-23,25-28,48H,1-9H3;/q-1;. The molecule has 0 aliphatic rings. The van der Waals surface area contributed by atoms with E-state index in [-0.39, 0.29) is 43.1 Å². The molecule has 0 saturated carbocycles. The van der Waals surface area contributed by atoms with E-state index in [0.717, 1.165) is 61.6 Å². The first-order valence-electron chi connectivity index (χ1n) is 16.7. The number of nitrogens with zero attached hydrogens (tertiary/aromatic N) is 3. The van der Waals surface area contributed by atoms with Crippen LogP contribution in [-0.4, -0.2) is 15.1 Å². The van der Waals surface area contributed by atoms with Gasteiger partial charge in [-0.1, -0.05) is 117 Å². The van der Waals surface area contributed by atoms with E-state index in [4.69, 9.17) is 9.97 Å². The number of hydrogen-bond acceptors (Lipinski definition) is 4. The molecule has 0 spiro atoms. The van der Waals surface area contributed by atoms with Crippen LogP contribution in [0.5, 0.6) is 5.75 Å². The molecular weight excluding hydrogens is 782 g/mol. The number of aromatic hydroxyl groups is 1. The quantitative estimate of drug-likeness (QED) is 0.176. The van der Waals surface area contributed by atoms with Crippen molar-refractivity contribution in [1.82, 2.24) is 9.97 Å². The van der Waals surface area contributed by atoms with Gasteiger partial charge in [-0.05, 0) is 74.5 Å². The average Bonchev–Trinajstić information content (AvgIpc) is 3.04. The third-order valence-corrected chi connectivity index (χ3v) is 8.93. The van der Waals surface area contributed by atoms with Crippen LogP contribution in [0, 0.1) is 6.07 Å². The SMILES string of the molecule is CC(C)(C)c1cc(-c2[c-]c(N(c3ccccn3)c3cccc4ccccc34)ccc2)nc(-c2cc(C(C)(C)C)cc(C(C)(C)C)c2O)c1.[Pt]. The Hall–Kier alpha value is -4.27. The van der Waals surface area contributed by atoms with E-state index in [0.29, 0.717) is 0 Å². The summed E-state index contributed by atoms with van der Waals surface area (Å²) >= 11 is 0. The fraction of sp³-hybridized carbons (Fsp3) is 0.273. The van der Waals surface area contributed by atoms with Gasteiger partial charge < -0.3 is 10.0 Å². The van der Waals surface area contributed by atoms with E-state index in [1.807, 2.05) is 24.4 Å². The maximum Gasteiger partial charge on any atom is 0.136 e. The smallest absolute Gasteiger partial charge is 0.136 e. The molecule has 0 fully saturated rings. The number of fused-ring (bicyclic) bond motifs is 1. The molecule has 2 aromatic heterocycles. The van der Waals surface area contributed by atoms with E-state index in [9.17, 15) is 5.11 Å². The summed E-state index contributed by atoms with van der Waals surface area (Å²) < 4.78 is 0. The van der Waals surface area contributed by atoms with Crippen molar-refractivity contribution in [1.29, 1.82) is 0 Å². The zero-order valence-corrected chi connectivity index (χ0v) is 32.3. The van der Waals surface area contributed by atoms with E-state index in [1.165, 1.54) is 5.56 Å². The Morgan fingerprint density at radius 3 is 1.94 bits per heavy atom. The molecule has 0 aliphatic heterocycles. The maximum atomic E-state index is 11.8. The van der Waals surface area contributed by atoms with Gasteiger partial charge in [-0.3, -0.25) is 4.98 Å². The summed E-state index contributed by atoms with van der Waals surface area (Å²) in [7, 11) is 0. The Labute approximate surface area is 306 Å². The van der Waals surface area contributed by atoms with Crippen LogP contribution in [0.2, 0.25) is 0 Å². The van der Waals surface area contributed by atoms with Crippen molar-refractivity contribution < 1.29 is 26.2 Å². The summed E-state index contributed by atoms with van der Waals surface area (Å²) in [4.78, 5) is 12.2. The molecule has 4 aromatic carbocycles. The second kappa shape index (κ2) is 13.6. The minimum Gasteiger partial charge on any atom is -0.507 e. The van der Waals surface area contributed by atoms with Gasteiger partial charge in [-0.2, -0.15) is 0 Å². The summed E-state index contributed by atoms with van der Waals surface area (Å²) in [5.41, 5.74) is 7.77. The summed E-state index contributed by atoms with van der Waals surface area (Å²) in [6.07, 6.45) is 1.82. The van der Waals surface area contributed by atoms with Gasteiger partial charge in [0.2, 0.25) is 0 Å². The molecule has 0 unspecified atom stereocenters. The van der Waals surface area contributed by atoms with Crippen molar-refractivity contribution in [2.45, 2.75) is 78.6 Å². The van der Waals surface area contributed by atoms with Gasteiger partial charge in [0.15, 0.2) is 0 Å². The molecule has 4 nitrogen and oxygen atoms in total. The molecule has 0 atom stereocenters. The molecule has 254 valence electrons. The first-order chi connectivity index (χ1) is 22.6. The van der Waals surface area contributed by atoms with Gasteiger partial charge in [0.1, 0.15) is 11.6 Å². The van der Waals surface area contributed by atoms with Gasteiger partial charge >= 0.3 is 0 Å². The predicted molar refractivity (Wildman–Crippen MR) is 202 cm³/mol. The average molecular weight is 828 g/mol. The van der Waals surface area contributed by atoms with E-state index in [2.05, 4.69) is 158 Å². The predicted octanol–water partition coefficient (Wildman–Crippen LogP) is 11.8. The van der Waals surface area contributed by atoms with E-state index >= 15 is 0 Å². The topological polar surface area (TPSA) is 49.2 Å². The Morgan fingerprint density at radius 2 is 1.27 bits per heavy atom. The summed E-state index contributed by atoms with van der Waals surface area (Å²) in [6.45, 7) is 19.7. The Balaban J connectivity index is 0.00000468. The van der Waals surface area contributed by atoms with Crippen molar-refractivity contribution in [3.8, 4) is 28.3 Å². The molecule has 49 heavy (non-hydrogen) atoms. The molecule has 0 aliphatic carbocycles. The zero-order chi connectivity index (χ0) is 34.4. The Morgan fingerprint density at radius 1 is 0.633 bits per heavy atom. The van der Waals surface area contributed by atoms with Crippen LogP contribution in [0.3, 0.4) is 0 Å². The van der Waals surface area contributed by atoms with Crippen molar-refractivity contribution >= 4 is 28.0 Å². The van der Waals surface area contributed by atoms with Gasteiger partial charge in [0.25, 0.3) is 0 Å². The molecule has 1 N–H and O–H groups in total. The molecule has 0 radical (unpaired) electrons. The zero-order valence-electron chi connectivity index (χ0n) is 30.0. The van der Waals surface area contributed by atoms with Crippen molar-refractivity contribution in [2.75, 3.05) is 4.90 Å². The minimum atomic E-state index is -0.247. The normalized spacial score (nSPS) is 12.1. The largest absolute Gasteiger partial charge is 0.507 e. The van der Waals surface area contributed by atoms with Crippen molar-refractivity contribution in [3.63, 3.8) is 0 Å². The number of rotatable bonds is 5. The number of phenolic OH excluding ortho intramolecular Hbond substituents is 1. The van der Waals surface area contributed by atoms with Gasteiger partial charge in [-0.25, -0.2) is 4.98 Å². The molecule has 6 rings (SSSR count). The Bertz CT molecular complexity index is 2100. The van der Waals surface area contributed by atoms with E-state index in [1.54, 1.807) is 0 Å². The third-order valence-electron chi connectivity index (χ3n) is 8.93. The first kappa shape index (κ1) is 36.0. The van der Waals surface area contributed by atoms with Crippen molar-refractivity contribution in [3.05, 3.63) is 132 Å². The Kier molecular flexibility index (Phi) is 9.97. The molecule has 0 bridgehead atoms. The third kappa shape index (κ3) is 7.50. The molecule has 0 amide bonds. The molecule has 0 saturated heterocycles. The number of aromatic nitrogens is 2.